The van der Waals surface area contributed by atoms with Crippen LogP contribution in [0.2, 0.25) is 0 Å². The van der Waals surface area contributed by atoms with Crippen molar-refractivity contribution >= 4 is 17.3 Å². The Labute approximate surface area is 226 Å². The summed E-state index contributed by atoms with van der Waals surface area (Å²) in [5.41, 5.74) is 12.1. The standard InChI is InChI=1S/C31H39N5O2/c1-3-27(25-8-5-4-6-9-25)30(26-12-10-24(22-32)11-13-26)35-28-14-16-33-29(23(28)2)31(37)34-15-7-17-36-18-20-38-21-19-36/h4-6,8-14,16,27H,3,7,15,17-22,32H2,1-2H3,(H,34,37). The van der Waals surface area contributed by atoms with E-state index >= 15 is 0 Å². The number of ether oxygens (including phenoxy) is 1. The van der Waals surface area contributed by atoms with Crippen molar-refractivity contribution < 1.29 is 9.53 Å². The second-order valence-electron chi connectivity index (χ2n) is 9.64. The van der Waals surface area contributed by atoms with Crippen molar-refractivity contribution in [1.82, 2.24) is 15.2 Å². The first kappa shape index (κ1) is 27.6. The minimum atomic E-state index is -0.162. The number of carbonyl (C=O) groups excluding carboxylic acids is 1. The zero-order chi connectivity index (χ0) is 26.7. The number of pyridine rings is 1. The number of amides is 1. The van der Waals surface area contributed by atoms with Crippen LogP contribution in [0, 0.1) is 6.92 Å². The molecule has 38 heavy (non-hydrogen) atoms. The van der Waals surface area contributed by atoms with Gasteiger partial charge < -0.3 is 15.8 Å². The highest BCUT2D eigenvalue weighted by atomic mass is 16.5. The molecule has 200 valence electrons. The number of hydrogen-bond donors (Lipinski definition) is 2. The number of nitrogens with zero attached hydrogens (tertiary/aromatic N) is 3. The largest absolute Gasteiger partial charge is 0.379 e. The number of aromatic nitrogens is 1. The highest BCUT2D eigenvalue weighted by Gasteiger charge is 2.20. The van der Waals surface area contributed by atoms with Crippen molar-refractivity contribution in [2.75, 3.05) is 39.4 Å². The molecule has 0 saturated carbocycles. The minimum Gasteiger partial charge on any atom is -0.379 e. The second-order valence-corrected chi connectivity index (χ2v) is 9.64. The Morgan fingerprint density at radius 1 is 1.11 bits per heavy atom. The van der Waals surface area contributed by atoms with Gasteiger partial charge in [0.1, 0.15) is 5.69 Å². The van der Waals surface area contributed by atoms with E-state index in [1.807, 2.05) is 19.1 Å². The third-order valence-electron chi connectivity index (χ3n) is 7.10. The van der Waals surface area contributed by atoms with Gasteiger partial charge in [-0.25, -0.2) is 0 Å². The zero-order valence-electron chi connectivity index (χ0n) is 22.5. The Morgan fingerprint density at radius 3 is 2.53 bits per heavy atom. The predicted octanol–water partition coefficient (Wildman–Crippen LogP) is 4.62. The number of morpholine rings is 1. The Morgan fingerprint density at radius 2 is 1.84 bits per heavy atom. The van der Waals surface area contributed by atoms with Crippen LogP contribution in [0.1, 0.15) is 58.4 Å². The molecular weight excluding hydrogens is 474 g/mol. The molecule has 3 N–H and O–H groups in total. The molecule has 1 unspecified atom stereocenters. The van der Waals surface area contributed by atoms with Crippen molar-refractivity contribution in [3.8, 4) is 0 Å². The molecule has 1 amide bonds. The highest BCUT2D eigenvalue weighted by molar-refractivity contribution is 6.07. The lowest BCUT2D eigenvalue weighted by molar-refractivity contribution is 0.0374. The van der Waals surface area contributed by atoms with Crippen molar-refractivity contribution in [1.29, 1.82) is 0 Å². The van der Waals surface area contributed by atoms with Gasteiger partial charge in [-0.2, -0.15) is 0 Å². The van der Waals surface area contributed by atoms with E-state index in [2.05, 4.69) is 70.7 Å². The molecule has 0 aliphatic carbocycles. The molecule has 1 aliphatic rings. The van der Waals surface area contributed by atoms with E-state index in [9.17, 15) is 4.79 Å². The normalized spacial score (nSPS) is 15.3. The first-order valence-corrected chi connectivity index (χ1v) is 13.6. The number of rotatable bonds is 11. The van der Waals surface area contributed by atoms with Crippen LogP contribution in [0.3, 0.4) is 0 Å². The third kappa shape index (κ3) is 7.13. The van der Waals surface area contributed by atoms with Crippen LogP contribution in [0.5, 0.6) is 0 Å². The Bertz CT molecular complexity index is 1200. The van der Waals surface area contributed by atoms with Crippen LogP contribution in [0.4, 0.5) is 5.69 Å². The highest BCUT2D eigenvalue weighted by Crippen LogP contribution is 2.30. The molecule has 0 bridgehead atoms. The van der Waals surface area contributed by atoms with Crippen molar-refractivity contribution in [3.63, 3.8) is 0 Å². The third-order valence-corrected chi connectivity index (χ3v) is 7.10. The summed E-state index contributed by atoms with van der Waals surface area (Å²) >= 11 is 0. The molecule has 0 radical (unpaired) electrons. The van der Waals surface area contributed by atoms with Gasteiger partial charge in [0.2, 0.25) is 0 Å². The van der Waals surface area contributed by atoms with E-state index in [0.29, 0.717) is 18.8 Å². The molecule has 7 nitrogen and oxygen atoms in total. The summed E-state index contributed by atoms with van der Waals surface area (Å²) in [6, 6.07) is 20.6. The zero-order valence-corrected chi connectivity index (χ0v) is 22.5. The lowest BCUT2D eigenvalue weighted by Gasteiger charge is -2.26. The Hall–Kier alpha value is -3.39. The molecular formula is C31H39N5O2. The number of aliphatic imine (C=N–C) groups is 1. The SMILES string of the molecule is CCC(C(=Nc1ccnc(C(=O)NCCCN2CCOCC2)c1C)c1ccc(CN)cc1)c1ccccc1. The van der Waals surface area contributed by atoms with E-state index in [1.54, 1.807) is 6.20 Å². The van der Waals surface area contributed by atoms with Crippen LogP contribution in [-0.4, -0.2) is 60.9 Å². The summed E-state index contributed by atoms with van der Waals surface area (Å²) in [5.74, 6) is -0.0598. The van der Waals surface area contributed by atoms with Crippen molar-refractivity contribution in [3.05, 3.63) is 94.8 Å². The summed E-state index contributed by atoms with van der Waals surface area (Å²) in [6.45, 7) is 9.62. The second kappa shape index (κ2) is 14.0. The monoisotopic (exact) mass is 513 g/mol. The summed E-state index contributed by atoms with van der Waals surface area (Å²) in [4.78, 5) is 25.0. The van der Waals surface area contributed by atoms with Gasteiger partial charge in [0.25, 0.3) is 5.91 Å². The number of carbonyl (C=O) groups is 1. The molecule has 4 rings (SSSR count). The van der Waals surface area contributed by atoms with E-state index in [4.69, 9.17) is 15.5 Å². The minimum absolute atomic E-state index is 0.102. The smallest absolute Gasteiger partial charge is 0.270 e. The summed E-state index contributed by atoms with van der Waals surface area (Å²) in [5, 5.41) is 3.04. The first-order chi connectivity index (χ1) is 18.6. The molecule has 7 heteroatoms. The molecule has 1 saturated heterocycles. The van der Waals surface area contributed by atoms with Gasteiger partial charge in [-0.15, -0.1) is 0 Å². The van der Waals surface area contributed by atoms with Crippen molar-refractivity contribution in [2.24, 2.45) is 10.7 Å². The van der Waals surface area contributed by atoms with Gasteiger partial charge in [0.05, 0.1) is 24.6 Å². The van der Waals surface area contributed by atoms with Crippen LogP contribution in [0.25, 0.3) is 0 Å². The van der Waals surface area contributed by atoms with Crippen LogP contribution >= 0.6 is 0 Å². The number of nitrogens with two attached hydrogens (primary N) is 1. The Balaban J connectivity index is 1.57. The van der Waals surface area contributed by atoms with E-state index < -0.39 is 0 Å². The van der Waals surface area contributed by atoms with Gasteiger partial charge in [-0.1, -0.05) is 61.5 Å². The summed E-state index contributed by atoms with van der Waals surface area (Å²) in [6.07, 6.45) is 3.45. The maximum atomic E-state index is 13.0. The molecule has 2 aromatic carbocycles. The quantitative estimate of drug-likeness (QED) is 0.288. The maximum absolute atomic E-state index is 13.0. The van der Waals surface area contributed by atoms with Gasteiger partial charge in [0.15, 0.2) is 0 Å². The van der Waals surface area contributed by atoms with Gasteiger partial charge in [0, 0.05) is 43.9 Å². The summed E-state index contributed by atoms with van der Waals surface area (Å²) < 4.78 is 5.40. The fraction of sp³-hybridized carbons (Fsp3) is 0.387. The van der Waals surface area contributed by atoms with Gasteiger partial charge in [-0.05, 0) is 49.1 Å². The lowest BCUT2D eigenvalue weighted by Crippen LogP contribution is -2.38. The number of benzene rings is 2. The molecule has 1 atom stereocenters. The first-order valence-electron chi connectivity index (χ1n) is 13.6. The van der Waals surface area contributed by atoms with Crippen LogP contribution < -0.4 is 11.1 Å². The topological polar surface area (TPSA) is 92.8 Å². The van der Waals surface area contributed by atoms with E-state index in [-0.39, 0.29) is 11.8 Å². The average Bonchev–Trinajstić information content (AvgIpc) is 2.97. The molecule has 0 spiro atoms. The molecule has 1 aromatic heterocycles. The fourth-order valence-corrected chi connectivity index (χ4v) is 4.85. The fourth-order valence-electron chi connectivity index (χ4n) is 4.85. The van der Waals surface area contributed by atoms with Crippen LogP contribution in [-0.2, 0) is 11.3 Å². The maximum Gasteiger partial charge on any atom is 0.270 e. The number of nitrogens with one attached hydrogen (secondary N) is 1. The van der Waals surface area contributed by atoms with Crippen molar-refractivity contribution in [2.45, 2.75) is 39.2 Å². The molecule has 2 heterocycles. The number of hydrogen-bond acceptors (Lipinski definition) is 6. The molecule has 1 aliphatic heterocycles. The lowest BCUT2D eigenvalue weighted by atomic mass is 9.87. The summed E-state index contributed by atoms with van der Waals surface area (Å²) in [7, 11) is 0. The van der Waals surface area contributed by atoms with Gasteiger partial charge in [-0.3, -0.25) is 19.7 Å². The van der Waals surface area contributed by atoms with Crippen LogP contribution in [0.15, 0.2) is 71.9 Å². The predicted molar refractivity (Wildman–Crippen MR) is 153 cm³/mol. The average molecular weight is 514 g/mol. The van der Waals surface area contributed by atoms with Gasteiger partial charge >= 0.3 is 0 Å². The van der Waals surface area contributed by atoms with E-state index in [0.717, 1.165) is 73.8 Å². The molecule has 3 aromatic rings. The van der Waals surface area contributed by atoms with E-state index in [1.165, 1.54) is 5.56 Å². The Kier molecular flexibility index (Phi) is 10.1. The molecule has 1 fully saturated rings.